The van der Waals surface area contributed by atoms with E-state index in [9.17, 15) is 0 Å². The number of rotatable bonds is 7. The Morgan fingerprint density at radius 2 is 1.43 bits per heavy atom. The Labute approximate surface area is 89.9 Å². The van der Waals surface area contributed by atoms with E-state index in [1.165, 1.54) is 19.3 Å². The first-order chi connectivity index (χ1) is 6.33. The standard InChI is InChI=1S/C13H28O/c1-6-8-12(2,3)11-13(4,5)9-7-10-14/h14H,6-11H2,1-5H3. The fourth-order valence-corrected chi connectivity index (χ4v) is 2.71. The first kappa shape index (κ1) is 14.0. The molecule has 0 bridgehead atoms. The molecule has 0 aliphatic heterocycles. The predicted molar refractivity (Wildman–Crippen MR) is 63.4 cm³/mol. The van der Waals surface area contributed by atoms with E-state index < -0.39 is 0 Å². The Morgan fingerprint density at radius 1 is 0.929 bits per heavy atom. The molecule has 0 heterocycles. The van der Waals surface area contributed by atoms with Gasteiger partial charge in [-0.25, -0.2) is 0 Å². The minimum Gasteiger partial charge on any atom is -0.396 e. The molecule has 0 amide bonds. The van der Waals surface area contributed by atoms with Gasteiger partial charge in [-0.1, -0.05) is 41.0 Å². The second-order valence-corrected chi connectivity index (χ2v) is 6.08. The highest BCUT2D eigenvalue weighted by atomic mass is 16.2. The van der Waals surface area contributed by atoms with E-state index in [0.717, 1.165) is 12.8 Å². The molecule has 0 saturated carbocycles. The lowest BCUT2D eigenvalue weighted by atomic mass is 9.71. The van der Waals surface area contributed by atoms with Gasteiger partial charge in [-0.2, -0.15) is 0 Å². The van der Waals surface area contributed by atoms with Crippen LogP contribution in [0.3, 0.4) is 0 Å². The third kappa shape index (κ3) is 6.42. The molecule has 0 unspecified atom stereocenters. The Morgan fingerprint density at radius 3 is 1.86 bits per heavy atom. The minimum absolute atomic E-state index is 0.331. The average Bonchev–Trinajstić information content (AvgIpc) is 1.98. The lowest BCUT2D eigenvalue weighted by Gasteiger charge is -2.35. The van der Waals surface area contributed by atoms with Crippen LogP contribution in [0.25, 0.3) is 0 Å². The monoisotopic (exact) mass is 200 g/mol. The largest absolute Gasteiger partial charge is 0.396 e. The lowest BCUT2D eigenvalue weighted by molar-refractivity contribution is 0.155. The zero-order valence-corrected chi connectivity index (χ0v) is 10.7. The van der Waals surface area contributed by atoms with Crippen LogP contribution in [0, 0.1) is 10.8 Å². The Balaban J connectivity index is 4.05. The highest BCUT2D eigenvalue weighted by Crippen LogP contribution is 2.39. The van der Waals surface area contributed by atoms with E-state index in [2.05, 4.69) is 34.6 Å². The van der Waals surface area contributed by atoms with E-state index >= 15 is 0 Å². The van der Waals surface area contributed by atoms with Gasteiger partial charge >= 0.3 is 0 Å². The van der Waals surface area contributed by atoms with Crippen LogP contribution in [0.1, 0.15) is 66.7 Å². The van der Waals surface area contributed by atoms with Gasteiger partial charge in [0, 0.05) is 6.61 Å². The van der Waals surface area contributed by atoms with Crippen LogP contribution in [0.4, 0.5) is 0 Å². The summed E-state index contributed by atoms with van der Waals surface area (Å²) < 4.78 is 0. The fraction of sp³-hybridized carbons (Fsp3) is 1.00. The van der Waals surface area contributed by atoms with Crippen LogP contribution in [-0.2, 0) is 0 Å². The maximum absolute atomic E-state index is 8.83. The van der Waals surface area contributed by atoms with Crippen molar-refractivity contribution in [2.75, 3.05) is 6.61 Å². The van der Waals surface area contributed by atoms with Gasteiger partial charge in [0.2, 0.25) is 0 Å². The predicted octanol–water partition coefficient (Wildman–Crippen LogP) is 4.00. The highest BCUT2D eigenvalue weighted by molar-refractivity contribution is 4.78. The Bertz CT molecular complexity index is 147. The third-order valence-electron chi connectivity index (χ3n) is 2.90. The van der Waals surface area contributed by atoms with Crippen LogP contribution in [0.15, 0.2) is 0 Å². The van der Waals surface area contributed by atoms with Crippen LogP contribution in [-0.4, -0.2) is 11.7 Å². The first-order valence-corrected chi connectivity index (χ1v) is 5.94. The zero-order chi connectivity index (χ0) is 11.2. The van der Waals surface area contributed by atoms with Crippen molar-refractivity contribution < 1.29 is 5.11 Å². The normalized spacial score (nSPS) is 13.3. The van der Waals surface area contributed by atoms with Crippen LogP contribution < -0.4 is 0 Å². The van der Waals surface area contributed by atoms with Crippen molar-refractivity contribution in [2.45, 2.75) is 66.7 Å². The van der Waals surface area contributed by atoms with Crippen molar-refractivity contribution in [3.8, 4) is 0 Å². The van der Waals surface area contributed by atoms with Crippen molar-refractivity contribution >= 4 is 0 Å². The summed E-state index contributed by atoms with van der Waals surface area (Å²) in [5.74, 6) is 0. The number of aliphatic hydroxyl groups is 1. The molecule has 86 valence electrons. The average molecular weight is 200 g/mol. The minimum atomic E-state index is 0.331. The molecule has 0 aliphatic carbocycles. The SMILES string of the molecule is CCCC(C)(C)CC(C)(C)CCCO. The smallest absolute Gasteiger partial charge is 0.0431 e. The van der Waals surface area contributed by atoms with Crippen molar-refractivity contribution in [1.82, 2.24) is 0 Å². The van der Waals surface area contributed by atoms with Gasteiger partial charge in [0.1, 0.15) is 0 Å². The molecule has 1 nitrogen and oxygen atoms in total. The molecule has 0 aromatic rings. The number of hydrogen-bond donors (Lipinski definition) is 1. The van der Waals surface area contributed by atoms with Gasteiger partial charge in [-0.3, -0.25) is 0 Å². The van der Waals surface area contributed by atoms with Crippen molar-refractivity contribution in [2.24, 2.45) is 10.8 Å². The van der Waals surface area contributed by atoms with Gasteiger partial charge < -0.3 is 5.11 Å². The molecule has 0 rings (SSSR count). The summed E-state index contributed by atoms with van der Waals surface area (Å²) in [6, 6.07) is 0. The van der Waals surface area contributed by atoms with E-state index in [1.54, 1.807) is 0 Å². The molecular weight excluding hydrogens is 172 g/mol. The molecule has 0 aromatic heterocycles. The molecule has 0 spiro atoms. The summed E-state index contributed by atoms with van der Waals surface area (Å²) in [4.78, 5) is 0. The van der Waals surface area contributed by atoms with E-state index in [-0.39, 0.29) is 0 Å². The van der Waals surface area contributed by atoms with Crippen LogP contribution >= 0.6 is 0 Å². The highest BCUT2D eigenvalue weighted by Gasteiger charge is 2.27. The van der Waals surface area contributed by atoms with E-state index in [4.69, 9.17) is 5.11 Å². The van der Waals surface area contributed by atoms with Gasteiger partial charge in [0.15, 0.2) is 0 Å². The summed E-state index contributed by atoms with van der Waals surface area (Å²) in [5.41, 5.74) is 0.828. The lowest BCUT2D eigenvalue weighted by Crippen LogP contribution is -2.23. The maximum atomic E-state index is 8.83. The molecule has 14 heavy (non-hydrogen) atoms. The zero-order valence-electron chi connectivity index (χ0n) is 10.7. The maximum Gasteiger partial charge on any atom is 0.0431 e. The number of hydrogen-bond acceptors (Lipinski definition) is 1. The third-order valence-corrected chi connectivity index (χ3v) is 2.90. The molecule has 0 radical (unpaired) electrons. The van der Waals surface area contributed by atoms with Crippen LogP contribution in [0.5, 0.6) is 0 Å². The van der Waals surface area contributed by atoms with Gasteiger partial charge in [-0.15, -0.1) is 0 Å². The van der Waals surface area contributed by atoms with Crippen molar-refractivity contribution in [3.63, 3.8) is 0 Å². The molecule has 1 heteroatoms. The molecule has 0 saturated heterocycles. The summed E-state index contributed by atoms with van der Waals surface area (Å²) in [7, 11) is 0. The first-order valence-electron chi connectivity index (χ1n) is 5.94. The fourth-order valence-electron chi connectivity index (χ4n) is 2.71. The van der Waals surface area contributed by atoms with E-state index in [0.29, 0.717) is 17.4 Å². The summed E-state index contributed by atoms with van der Waals surface area (Å²) >= 11 is 0. The second kappa shape index (κ2) is 5.75. The topological polar surface area (TPSA) is 20.2 Å². The van der Waals surface area contributed by atoms with Crippen molar-refractivity contribution in [3.05, 3.63) is 0 Å². The molecule has 0 aliphatic rings. The Kier molecular flexibility index (Phi) is 5.73. The van der Waals surface area contributed by atoms with Crippen molar-refractivity contribution in [1.29, 1.82) is 0 Å². The van der Waals surface area contributed by atoms with E-state index in [1.807, 2.05) is 0 Å². The summed E-state index contributed by atoms with van der Waals surface area (Å²) in [6.07, 6.45) is 5.90. The van der Waals surface area contributed by atoms with Gasteiger partial charge in [-0.05, 0) is 36.5 Å². The van der Waals surface area contributed by atoms with Gasteiger partial charge in [0.05, 0.1) is 0 Å². The number of aliphatic hydroxyl groups excluding tert-OH is 1. The summed E-state index contributed by atoms with van der Waals surface area (Å²) in [6.45, 7) is 11.9. The quantitative estimate of drug-likeness (QED) is 0.658. The van der Waals surface area contributed by atoms with Crippen LogP contribution in [0.2, 0.25) is 0 Å². The Hall–Kier alpha value is -0.0400. The summed E-state index contributed by atoms with van der Waals surface area (Å²) in [5, 5.41) is 8.83. The molecular formula is C13H28O. The van der Waals surface area contributed by atoms with Gasteiger partial charge in [0.25, 0.3) is 0 Å². The molecule has 1 N–H and O–H groups in total. The molecule has 0 aromatic carbocycles. The molecule has 0 atom stereocenters. The second-order valence-electron chi connectivity index (χ2n) is 6.08. The molecule has 0 fully saturated rings.